The van der Waals surface area contributed by atoms with Gasteiger partial charge in [0.25, 0.3) is 0 Å². The maximum Gasteiger partial charge on any atom is 0.230 e. The van der Waals surface area contributed by atoms with Crippen LogP contribution in [0.4, 0.5) is 10.8 Å². The molecular weight excluding hydrogens is 316 g/mol. The zero-order valence-corrected chi connectivity index (χ0v) is 14.6. The Labute approximate surface area is 138 Å². The number of nitrogens with one attached hydrogen (secondary N) is 1. The van der Waals surface area contributed by atoms with Gasteiger partial charge in [0.2, 0.25) is 11.0 Å². The van der Waals surface area contributed by atoms with Gasteiger partial charge in [0.1, 0.15) is 0 Å². The number of amides is 1. The average molecular weight is 336 g/mol. The monoisotopic (exact) mass is 336 g/mol. The molecule has 1 aromatic heterocycles. The van der Waals surface area contributed by atoms with Crippen LogP contribution in [0, 0.1) is 0 Å². The Kier molecular flexibility index (Phi) is 5.79. The number of hydrogen-bond acceptors (Lipinski definition) is 6. The number of carbonyl (C=O) groups excluding carboxylic acids is 1. The van der Waals surface area contributed by atoms with Gasteiger partial charge in [0.05, 0.1) is 5.25 Å². The van der Waals surface area contributed by atoms with Crippen molar-refractivity contribution in [2.75, 3.05) is 5.32 Å². The third-order valence-corrected chi connectivity index (χ3v) is 5.36. The summed E-state index contributed by atoms with van der Waals surface area (Å²) in [4.78, 5) is 11.1. The maximum atomic E-state index is 11.1. The lowest BCUT2D eigenvalue weighted by atomic mass is 10.0. The number of thioether (sulfide) groups is 1. The largest absolute Gasteiger partial charge is 0.369 e. The van der Waals surface area contributed by atoms with Gasteiger partial charge in [-0.1, -0.05) is 55.1 Å². The first-order chi connectivity index (χ1) is 10.5. The van der Waals surface area contributed by atoms with Gasteiger partial charge in [0, 0.05) is 5.69 Å². The van der Waals surface area contributed by atoms with E-state index in [1.165, 1.54) is 34.2 Å². The Balaban J connectivity index is 2.18. The van der Waals surface area contributed by atoms with Gasteiger partial charge >= 0.3 is 0 Å². The summed E-state index contributed by atoms with van der Waals surface area (Å²) in [7, 11) is 0. The van der Waals surface area contributed by atoms with Gasteiger partial charge in [-0.05, 0) is 30.9 Å². The topological polar surface area (TPSA) is 80.9 Å². The predicted molar refractivity (Wildman–Crippen MR) is 92.9 cm³/mol. The molecule has 118 valence electrons. The summed E-state index contributed by atoms with van der Waals surface area (Å²) in [5.74, 6) is -0.348. The molecule has 0 aliphatic rings. The number of anilines is 2. The van der Waals surface area contributed by atoms with Crippen LogP contribution < -0.4 is 11.1 Å². The number of aryl methyl sites for hydroxylation is 2. The second-order valence-electron chi connectivity index (χ2n) is 4.82. The molecule has 0 radical (unpaired) electrons. The quantitative estimate of drug-likeness (QED) is 0.758. The van der Waals surface area contributed by atoms with E-state index in [0.717, 1.165) is 28.0 Å². The van der Waals surface area contributed by atoms with Crippen molar-refractivity contribution in [3.8, 4) is 0 Å². The van der Waals surface area contributed by atoms with Crippen molar-refractivity contribution in [3.05, 3.63) is 29.3 Å². The molecule has 5 nitrogen and oxygen atoms in total. The fourth-order valence-electron chi connectivity index (χ4n) is 2.03. The third-order valence-electron chi connectivity index (χ3n) is 3.32. The van der Waals surface area contributed by atoms with Crippen LogP contribution in [0.2, 0.25) is 0 Å². The molecule has 0 saturated heterocycles. The number of rotatable bonds is 7. The van der Waals surface area contributed by atoms with E-state index in [4.69, 9.17) is 5.73 Å². The summed E-state index contributed by atoms with van der Waals surface area (Å²) >= 11 is 2.77. The summed E-state index contributed by atoms with van der Waals surface area (Å²) in [5.41, 5.74) is 8.90. The van der Waals surface area contributed by atoms with E-state index in [9.17, 15) is 4.79 Å². The molecule has 1 unspecified atom stereocenters. The SMILES string of the molecule is CCc1cccc(CC)c1Nc1nnc(SC(C)C(N)=O)s1. The molecule has 1 aromatic carbocycles. The molecule has 1 atom stereocenters. The first-order valence-electron chi connectivity index (χ1n) is 7.22. The first kappa shape index (κ1) is 16.8. The van der Waals surface area contributed by atoms with Crippen molar-refractivity contribution in [1.29, 1.82) is 0 Å². The van der Waals surface area contributed by atoms with E-state index in [0.29, 0.717) is 0 Å². The number of carbonyl (C=O) groups is 1. The van der Waals surface area contributed by atoms with E-state index < -0.39 is 0 Å². The smallest absolute Gasteiger partial charge is 0.230 e. The van der Waals surface area contributed by atoms with Crippen molar-refractivity contribution < 1.29 is 4.79 Å². The first-order valence-corrected chi connectivity index (χ1v) is 8.92. The van der Waals surface area contributed by atoms with Gasteiger partial charge in [-0.25, -0.2) is 0 Å². The fraction of sp³-hybridized carbons (Fsp3) is 0.400. The van der Waals surface area contributed by atoms with Crippen LogP contribution in [0.1, 0.15) is 31.9 Å². The predicted octanol–water partition coefficient (Wildman–Crippen LogP) is 3.37. The van der Waals surface area contributed by atoms with Crippen molar-refractivity contribution in [3.63, 3.8) is 0 Å². The summed E-state index contributed by atoms with van der Waals surface area (Å²) in [6.07, 6.45) is 1.91. The zero-order valence-electron chi connectivity index (χ0n) is 12.9. The number of benzene rings is 1. The summed E-state index contributed by atoms with van der Waals surface area (Å²) < 4.78 is 0.737. The Morgan fingerprint density at radius 2 is 1.95 bits per heavy atom. The minimum atomic E-state index is -0.348. The highest BCUT2D eigenvalue weighted by Gasteiger charge is 2.15. The molecule has 7 heteroatoms. The minimum absolute atomic E-state index is 0.310. The van der Waals surface area contributed by atoms with E-state index in [1.807, 2.05) is 0 Å². The Bertz CT molecular complexity index is 634. The Morgan fingerprint density at radius 1 is 1.32 bits per heavy atom. The molecule has 1 heterocycles. The van der Waals surface area contributed by atoms with Crippen molar-refractivity contribution in [2.45, 2.75) is 43.2 Å². The summed E-state index contributed by atoms with van der Waals surface area (Å²) in [5, 5.41) is 12.1. The summed E-state index contributed by atoms with van der Waals surface area (Å²) in [6.45, 7) is 6.04. The fourth-order valence-corrected chi connectivity index (χ4v) is 3.88. The molecule has 2 rings (SSSR count). The lowest BCUT2D eigenvalue weighted by Crippen LogP contribution is -2.22. The maximum absolute atomic E-state index is 11.1. The Hall–Kier alpha value is -1.60. The van der Waals surface area contributed by atoms with Crippen LogP contribution in [0.15, 0.2) is 22.5 Å². The van der Waals surface area contributed by atoms with Crippen LogP contribution in [-0.2, 0) is 17.6 Å². The molecule has 0 saturated carbocycles. The zero-order chi connectivity index (χ0) is 16.1. The molecule has 0 fully saturated rings. The standard InChI is InChI=1S/C15H20N4OS2/c1-4-10-7-6-8-11(5-2)12(10)17-14-18-19-15(22-14)21-9(3)13(16)20/h6-9H,4-5H2,1-3H3,(H2,16,20)(H,17,18). The molecule has 0 bridgehead atoms. The number of primary amides is 1. The molecule has 0 aliphatic carbocycles. The molecule has 2 aromatic rings. The molecule has 3 N–H and O–H groups in total. The van der Waals surface area contributed by atoms with E-state index in [-0.39, 0.29) is 11.2 Å². The van der Waals surface area contributed by atoms with Gasteiger partial charge in [-0.15, -0.1) is 10.2 Å². The number of aromatic nitrogens is 2. The lowest BCUT2D eigenvalue weighted by molar-refractivity contribution is -0.117. The van der Waals surface area contributed by atoms with Crippen LogP contribution in [0.3, 0.4) is 0 Å². The van der Waals surface area contributed by atoms with Crippen LogP contribution in [0.5, 0.6) is 0 Å². The number of nitrogens with zero attached hydrogens (tertiary/aromatic N) is 2. The third kappa shape index (κ3) is 3.98. The highest BCUT2D eigenvalue weighted by molar-refractivity contribution is 8.02. The summed E-state index contributed by atoms with van der Waals surface area (Å²) in [6, 6.07) is 6.32. The van der Waals surface area contributed by atoms with Gasteiger partial charge in [-0.2, -0.15) is 0 Å². The van der Waals surface area contributed by atoms with Gasteiger partial charge < -0.3 is 11.1 Å². The number of para-hydroxylation sites is 1. The van der Waals surface area contributed by atoms with Crippen LogP contribution >= 0.6 is 23.1 Å². The second-order valence-corrected chi connectivity index (χ2v) is 7.38. The highest BCUT2D eigenvalue weighted by atomic mass is 32.2. The molecule has 1 amide bonds. The normalized spacial score (nSPS) is 12.1. The van der Waals surface area contributed by atoms with Crippen molar-refractivity contribution in [1.82, 2.24) is 10.2 Å². The van der Waals surface area contributed by atoms with Gasteiger partial charge in [0.15, 0.2) is 4.34 Å². The lowest BCUT2D eigenvalue weighted by Gasteiger charge is -2.13. The molecule has 22 heavy (non-hydrogen) atoms. The van der Waals surface area contributed by atoms with Gasteiger partial charge in [-0.3, -0.25) is 4.79 Å². The minimum Gasteiger partial charge on any atom is -0.369 e. The second kappa shape index (κ2) is 7.60. The molecule has 0 aliphatic heterocycles. The van der Waals surface area contributed by atoms with Crippen molar-refractivity contribution in [2.24, 2.45) is 5.73 Å². The molecule has 0 spiro atoms. The number of nitrogens with two attached hydrogens (primary N) is 1. The van der Waals surface area contributed by atoms with Crippen LogP contribution in [-0.4, -0.2) is 21.4 Å². The van der Waals surface area contributed by atoms with E-state index in [2.05, 4.69) is 47.6 Å². The van der Waals surface area contributed by atoms with E-state index >= 15 is 0 Å². The van der Waals surface area contributed by atoms with Crippen molar-refractivity contribution >= 4 is 39.8 Å². The molecular formula is C15H20N4OS2. The highest BCUT2D eigenvalue weighted by Crippen LogP contribution is 2.32. The van der Waals surface area contributed by atoms with Crippen LogP contribution in [0.25, 0.3) is 0 Å². The van der Waals surface area contributed by atoms with E-state index in [1.54, 1.807) is 6.92 Å². The number of hydrogen-bond donors (Lipinski definition) is 2. The Morgan fingerprint density at radius 3 is 2.50 bits per heavy atom. The average Bonchev–Trinajstić information content (AvgIpc) is 2.94.